The molecule has 0 aromatic carbocycles. The summed E-state index contributed by atoms with van der Waals surface area (Å²) >= 11 is 0. The van der Waals surface area contributed by atoms with E-state index in [2.05, 4.69) is 10.4 Å². The molecule has 1 heterocycles. The van der Waals surface area contributed by atoms with E-state index in [1.807, 2.05) is 11.5 Å². The summed E-state index contributed by atoms with van der Waals surface area (Å²) in [7, 11) is 4.27. The standard InChI is InChI=1S/C2H4N2P2/c1-4-3-5-2-6-4/h2H,1H3. The maximum absolute atomic E-state index is 3.97. The van der Waals surface area contributed by atoms with Crippen LogP contribution in [0.3, 0.4) is 0 Å². The monoisotopic (exact) mass is 118 g/mol. The SMILES string of the molecule is Cn1npcp1. The lowest BCUT2D eigenvalue weighted by Crippen LogP contribution is -1.76. The van der Waals surface area contributed by atoms with Crippen molar-refractivity contribution in [1.82, 2.24) is 9.31 Å². The van der Waals surface area contributed by atoms with Gasteiger partial charge in [-0.2, -0.15) is 0 Å². The number of aromatic nitrogens is 2. The zero-order valence-corrected chi connectivity index (χ0v) is 5.16. The Morgan fingerprint density at radius 2 is 2.67 bits per heavy atom. The Hall–Kier alpha value is 0.0700. The summed E-state index contributed by atoms with van der Waals surface area (Å²) in [4.78, 5) is 3.97. The van der Waals surface area contributed by atoms with Gasteiger partial charge >= 0.3 is 0 Å². The molecule has 0 N–H and O–H groups in total. The molecular formula is C2H4N2P2. The molecule has 4 heteroatoms. The smallest absolute Gasteiger partial charge is 0.0677 e. The maximum Gasteiger partial charge on any atom is 0.0677 e. The Balaban J connectivity index is 3.05. The molecule has 0 spiro atoms. The van der Waals surface area contributed by atoms with Gasteiger partial charge in [0.1, 0.15) is 0 Å². The molecule has 0 amide bonds. The lowest BCUT2D eigenvalue weighted by Gasteiger charge is -1.74. The van der Waals surface area contributed by atoms with E-state index >= 15 is 0 Å². The largest absolute Gasteiger partial charge is 0.246 e. The first-order valence-corrected chi connectivity index (χ1v) is 3.40. The first-order chi connectivity index (χ1) is 2.89. The van der Waals surface area contributed by atoms with Crippen molar-refractivity contribution in [1.29, 1.82) is 0 Å². The molecule has 2 nitrogen and oxygen atoms in total. The van der Waals surface area contributed by atoms with Crippen molar-refractivity contribution < 1.29 is 0 Å². The number of hydrogen-bond acceptors (Lipinski definition) is 1. The van der Waals surface area contributed by atoms with Gasteiger partial charge in [0.2, 0.25) is 0 Å². The lowest BCUT2D eigenvalue weighted by molar-refractivity contribution is 0.885. The van der Waals surface area contributed by atoms with Gasteiger partial charge in [0.15, 0.2) is 0 Å². The molecule has 6 heavy (non-hydrogen) atoms. The summed E-state index contributed by atoms with van der Waals surface area (Å²) in [6.07, 6.45) is 0. The Bertz CT molecular complexity index is 113. The molecule has 1 aromatic rings. The van der Waals surface area contributed by atoms with Crippen LogP contribution in [0.1, 0.15) is 0 Å². The average molecular weight is 118 g/mol. The van der Waals surface area contributed by atoms with Crippen LogP contribution >= 0.6 is 16.7 Å². The van der Waals surface area contributed by atoms with Crippen molar-refractivity contribution in [2.45, 2.75) is 0 Å². The van der Waals surface area contributed by atoms with Gasteiger partial charge in [-0.05, 0) is 0 Å². The normalized spacial score (nSPS) is 11.5. The number of rotatable bonds is 0. The van der Waals surface area contributed by atoms with Crippen LogP contribution in [0.25, 0.3) is 0 Å². The molecule has 0 fully saturated rings. The predicted molar refractivity (Wildman–Crippen MR) is 28.2 cm³/mol. The second-order valence-corrected chi connectivity index (χ2v) is 3.07. The van der Waals surface area contributed by atoms with E-state index in [9.17, 15) is 0 Å². The van der Waals surface area contributed by atoms with Crippen LogP contribution in [0.15, 0.2) is 5.53 Å². The zero-order valence-electron chi connectivity index (χ0n) is 3.37. The molecule has 0 bridgehead atoms. The molecule has 0 aliphatic carbocycles. The van der Waals surface area contributed by atoms with Gasteiger partial charge in [0.05, 0.1) is 8.35 Å². The van der Waals surface area contributed by atoms with E-state index < -0.39 is 0 Å². The fraction of sp³-hybridized carbons (Fsp3) is 0.500. The second kappa shape index (κ2) is 1.68. The van der Waals surface area contributed by atoms with Gasteiger partial charge in [0, 0.05) is 20.9 Å². The van der Waals surface area contributed by atoms with E-state index in [0.717, 1.165) is 8.35 Å². The molecule has 32 valence electrons. The fourth-order valence-corrected chi connectivity index (χ4v) is 1.66. The van der Waals surface area contributed by atoms with Crippen molar-refractivity contribution >= 4 is 16.7 Å². The molecule has 0 saturated carbocycles. The summed E-state index contributed by atoms with van der Waals surface area (Å²) in [6, 6.07) is 0. The third-order valence-corrected chi connectivity index (χ3v) is 2.21. The summed E-state index contributed by atoms with van der Waals surface area (Å²) < 4.78 is 1.89. The maximum atomic E-state index is 3.97. The van der Waals surface area contributed by atoms with Crippen molar-refractivity contribution in [3.8, 4) is 0 Å². The Kier molecular flexibility index (Phi) is 1.19. The highest BCUT2D eigenvalue weighted by Crippen LogP contribution is 2.07. The Labute approximate surface area is 39.5 Å². The summed E-state index contributed by atoms with van der Waals surface area (Å²) in [5.74, 6) is 0. The van der Waals surface area contributed by atoms with Gasteiger partial charge in [-0.25, -0.2) is 4.44 Å². The van der Waals surface area contributed by atoms with Crippen molar-refractivity contribution in [2.75, 3.05) is 0 Å². The third-order valence-electron chi connectivity index (χ3n) is 0.451. The molecule has 1 rings (SSSR count). The number of hydrogen-bond donors (Lipinski definition) is 0. The van der Waals surface area contributed by atoms with Crippen LogP contribution in [0.4, 0.5) is 0 Å². The van der Waals surface area contributed by atoms with Crippen LogP contribution in [-0.4, -0.2) is 9.31 Å². The summed E-state index contributed by atoms with van der Waals surface area (Å²) in [5.41, 5.74) is 2.08. The van der Waals surface area contributed by atoms with Crippen LogP contribution in [0.2, 0.25) is 0 Å². The second-order valence-electron chi connectivity index (χ2n) is 0.925. The van der Waals surface area contributed by atoms with Gasteiger partial charge in [-0.1, -0.05) is 0 Å². The third kappa shape index (κ3) is 0.767. The summed E-state index contributed by atoms with van der Waals surface area (Å²) in [5, 5.41) is 0. The van der Waals surface area contributed by atoms with Crippen LogP contribution in [0, 0.1) is 0 Å². The van der Waals surface area contributed by atoms with Gasteiger partial charge < -0.3 is 0 Å². The van der Waals surface area contributed by atoms with Gasteiger partial charge in [-0.3, -0.25) is 0 Å². The van der Waals surface area contributed by atoms with Gasteiger partial charge in [0.25, 0.3) is 0 Å². The highest BCUT2D eigenvalue weighted by Gasteiger charge is 1.72. The van der Waals surface area contributed by atoms with E-state index in [4.69, 9.17) is 0 Å². The van der Waals surface area contributed by atoms with Gasteiger partial charge in [-0.15, -0.1) is 4.86 Å². The first-order valence-electron chi connectivity index (χ1n) is 1.56. The minimum Gasteiger partial charge on any atom is -0.246 e. The average Bonchev–Trinajstić information content (AvgIpc) is 1.86. The van der Waals surface area contributed by atoms with Crippen LogP contribution in [-0.2, 0) is 7.05 Å². The number of nitrogens with zero attached hydrogens (tertiary/aromatic N) is 2. The molecule has 0 radical (unpaired) electrons. The highest BCUT2D eigenvalue weighted by molar-refractivity contribution is 7.41. The topological polar surface area (TPSA) is 17.8 Å². The van der Waals surface area contributed by atoms with E-state index in [1.165, 1.54) is 8.35 Å². The predicted octanol–water partition coefficient (Wildman–Crippen LogP) is 1.58. The van der Waals surface area contributed by atoms with Crippen molar-refractivity contribution in [2.24, 2.45) is 7.05 Å². The van der Waals surface area contributed by atoms with Crippen LogP contribution in [0.5, 0.6) is 0 Å². The van der Waals surface area contributed by atoms with E-state index in [1.54, 1.807) is 0 Å². The molecule has 0 atom stereocenters. The van der Waals surface area contributed by atoms with E-state index in [0.29, 0.717) is 0 Å². The summed E-state index contributed by atoms with van der Waals surface area (Å²) in [6.45, 7) is 0. The minimum atomic E-state index is 1.10. The minimum absolute atomic E-state index is 1.10. The molecule has 0 aliphatic rings. The molecular weight excluding hydrogens is 114 g/mol. The van der Waals surface area contributed by atoms with Crippen molar-refractivity contribution in [3.05, 3.63) is 5.53 Å². The first kappa shape index (κ1) is 4.23. The van der Waals surface area contributed by atoms with E-state index in [-0.39, 0.29) is 0 Å². The van der Waals surface area contributed by atoms with Crippen molar-refractivity contribution in [3.63, 3.8) is 0 Å². The highest BCUT2D eigenvalue weighted by atomic mass is 31.1. The van der Waals surface area contributed by atoms with Crippen LogP contribution < -0.4 is 0 Å². The molecule has 1 aromatic heterocycles. The number of aryl methyl sites for hydroxylation is 1. The Morgan fingerprint density at radius 3 is 2.83 bits per heavy atom. The lowest BCUT2D eigenvalue weighted by atomic mass is 11.5. The molecule has 0 aliphatic heterocycles. The zero-order chi connectivity index (χ0) is 4.41. The quantitative estimate of drug-likeness (QED) is 0.505. The Morgan fingerprint density at radius 1 is 1.83 bits per heavy atom. The molecule has 0 unspecified atom stereocenters. The molecule has 0 saturated heterocycles. The fourth-order valence-electron chi connectivity index (χ4n) is 0.219.